The number of ether oxygens (including phenoxy) is 2. The minimum Gasteiger partial charge on any atom is -0.351 e. The topological polar surface area (TPSA) is 85.2 Å². The van der Waals surface area contributed by atoms with Crippen molar-refractivity contribution < 1.29 is 27.8 Å². The predicted octanol–water partition coefficient (Wildman–Crippen LogP) is 3.80. The second kappa shape index (κ2) is 10.5. The van der Waals surface area contributed by atoms with E-state index in [-0.39, 0.29) is 43.5 Å². The van der Waals surface area contributed by atoms with E-state index in [9.17, 15) is 18.4 Å². The van der Waals surface area contributed by atoms with Crippen molar-refractivity contribution >= 4 is 40.2 Å². The third-order valence-electron chi connectivity index (χ3n) is 7.46. The fourth-order valence-electron chi connectivity index (χ4n) is 5.51. The largest absolute Gasteiger partial charge is 0.351 e. The summed E-state index contributed by atoms with van der Waals surface area (Å²) in [5, 5.41) is 3.74. The number of thioether (sulfide) groups is 1. The fourth-order valence-corrected chi connectivity index (χ4v) is 6.27. The van der Waals surface area contributed by atoms with Gasteiger partial charge in [-0.15, -0.1) is 11.8 Å². The molecule has 38 heavy (non-hydrogen) atoms. The van der Waals surface area contributed by atoms with Crippen molar-refractivity contribution in [2.75, 3.05) is 39.1 Å². The maximum atomic E-state index is 13.5. The minimum absolute atomic E-state index is 0.154. The van der Waals surface area contributed by atoms with Crippen LogP contribution < -0.4 is 5.32 Å². The van der Waals surface area contributed by atoms with Crippen molar-refractivity contribution in [3.63, 3.8) is 0 Å². The number of hydrogen-bond acceptors (Lipinski definition) is 6. The Morgan fingerprint density at radius 1 is 1.24 bits per heavy atom. The van der Waals surface area contributed by atoms with Crippen LogP contribution in [-0.4, -0.2) is 84.4 Å². The van der Waals surface area contributed by atoms with Crippen LogP contribution in [0.5, 0.6) is 0 Å². The standard InChI is InChI=1S/C27H32F2N4O4S/c1-15-9-22(38-4)20(24(34)31-15)10-30-25(35)23-16(2)33(21-8-6-5-7-19(21)23)17(3)26-36-11-18(12-37-26)32-13-27(28,29)14-32/h5-9,17-18,20,26H,10-14H2,1-4H3,(H,30,35)/t17-,18?,20?,26?/m1/s1. The molecule has 2 fully saturated rings. The maximum Gasteiger partial charge on any atom is 0.272 e. The van der Waals surface area contributed by atoms with Gasteiger partial charge in [0.05, 0.1) is 49.9 Å². The van der Waals surface area contributed by atoms with Gasteiger partial charge in [-0.1, -0.05) is 18.2 Å². The van der Waals surface area contributed by atoms with Gasteiger partial charge in [0.1, 0.15) is 0 Å². The van der Waals surface area contributed by atoms with Crippen molar-refractivity contribution in [1.29, 1.82) is 0 Å². The summed E-state index contributed by atoms with van der Waals surface area (Å²) in [5.74, 6) is -3.66. The number of nitrogens with zero attached hydrogens (tertiary/aromatic N) is 3. The van der Waals surface area contributed by atoms with E-state index < -0.39 is 18.1 Å². The summed E-state index contributed by atoms with van der Waals surface area (Å²) in [4.78, 5) is 32.6. The predicted molar refractivity (Wildman–Crippen MR) is 143 cm³/mol. The highest BCUT2D eigenvalue weighted by atomic mass is 32.2. The number of aromatic nitrogens is 1. The molecule has 1 aromatic carbocycles. The lowest BCUT2D eigenvalue weighted by molar-refractivity contribution is -0.244. The Labute approximate surface area is 224 Å². The average molecular weight is 547 g/mol. The van der Waals surface area contributed by atoms with Gasteiger partial charge >= 0.3 is 0 Å². The molecule has 3 aliphatic rings. The Morgan fingerprint density at radius 3 is 2.58 bits per heavy atom. The van der Waals surface area contributed by atoms with E-state index in [2.05, 4.69) is 10.3 Å². The van der Waals surface area contributed by atoms with Crippen molar-refractivity contribution in [3.05, 3.63) is 46.5 Å². The van der Waals surface area contributed by atoms with E-state index >= 15 is 0 Å². The SMILES string of the molecule is CSC1=CC(C)=NC(=O)C1CNC(=O)c1c(C)n([C@H](C)C2OCC(N3CC(F)(F)C3)CO2)c2ccccc12. The van der Waals surface area contributed by atoms with Gasteiger partial charge in [-0.05, 0) is 39.2 Å². The van der Waals surface area contributed by atoms with E-state index in [4.69, 9.17) is 9.47 Å². The number of likely N-dealkylation sites (tertiary alicyclic amines) is 1. The number of halogens is 2. The second-order valence-electron chi connectivity index (χ2n) is 10.1. The molecule has 1 unspecified atom stereocenters. The van der Waals surface area contributed by atoms with Crippen LogP contribution in [0.1, 0.15) is 35.9 Å². The number of rotatable bonds is 7. The molecule has 0 aliphatic carbocycles. The number of para-hydroxylation sites is 1. The van der Waals surface area contributed by atoms with Crippen LogP contribution >= 0.6 is 11.8 Å². The number of fused-ring (bicyclic) bond motifs is 1. The van der Waals surface area contributed by atoms with Crippen molar-refractivity contribution in [2.24, 2.45) is 10.9 Å². The highest BCUT2D eigenvalue weighted by Gasteiger charge is 2.48. The van der Waals surface area contributed by atoms with Crippen molar-refractivity contribution in [2.45, 2.75) is 45.1 Å². The second-order valence-corrected chi connectivity index (χ2v) is 11.0. The number of aliphatic imine (C=N–C) groups is 1. The third-order valence-corrected chi connectivity index (χ3v) is 8.33. The molecule has 2 atom stereocenters. The Morgan fingerprint density at radius 2 is 1.92 bits per heavy atom. The zero-order valence-corrected chi connectivity index (χ0v) is 22.7. The molecule has 4 heterocycles. The van der Waals surface area contributed by atoms with E-state index in [0.29, 0.717) is 24.5 Å². The first-order valence-corrected chi connectivity index (χ1v) is 13.9. The lowest BCUT2D eigenvalue weighted by Gasteiger charge is -2.46. The van der Waals surface area contributed by atoms with Gasteiger partial charge in [-0.25, -0.2) is 13.8 Å². The number of carbonyl (C=O) groups excluding carboxylic acids is 2. The van der Waals surface area contributed by atoms with Gasteiger partial charge in [0, 0.05) is 33.8 Å². The molecule has 0 radical (unpaired) electrons. The van der Waals surface area contributed by atoms with Gasteiger partial charge in [0.25, 0.3) is 17.7 Å². The number of benzene rings is 1. The van der Waals surface area contributed by atoms with E-state index in [1.54, 1.807) is 11.8 Å². The molecule has 2 saturated heterocycles. The highest BCUT2D eigenvalue weighted by molar-refractivity contribution is 8.02. The first-order valence-electron chi connectivity index (χ1n) is 12.7. The Kier molecular flexibility index (Phi) is 7.47. The van der Waals surface area contributed by atoms with Gasteiger partial charge in [-0.3, -0.25) is 14.5 Å². The zero-order valence-electron chi connectivity index (χ0n) is 21.9. The zero-order chi connectivity index (χ0) is 27.2. The molecule has 5 rings (SSSR count). The smallest absolute Gasteiger partial charge is 0.272 e. The molecule has 2 amide bonds. The number of nitrogens with one attached hydrogen (secondary N) is 1. The van der Waals surface area contributed by atoms with Crippen LogP contribution in [0.4, 0.5) is 8.78 Å². The summed E-state index contributed by atoms with van der Waals surface area (Å²) in [5.41, 5.74) is 2.80. The van der Waals surface area contributed by atoms with Crippen LogP contribution in [0.25, 0.3) is 10.9 Å². The monoisotopic (exact) mass is 546 g/mol. The molecular weight excluding hydrogens is 514 g/mol. The number of alkyl halides is 2. The first kappa shape index (κ1) is 27.0. The molecule has 0 spiro atoms. The summed E-state index contributed by atoms with van der Waals surface area (Å²) >= 11 is 1.48. The lowest BCUT2D eigenvalue weighted by atomic mass is 10.0. The molecule has 11 heteroatoms. The molecule has 2 aromatic rings. The van der Waals surface area contributed by atoms with Crippen LogP contribution in [0.3, 0.4) is 0 Å². The lowest BCUT2D eigenvalue weighted by Crippen LogP contribution is -2.63. The van der Waals surface area contributed by atoms with E-state index in [0.717, 1.165) is 21.5 Å². The van der Waals surface area contributed by atoms with Crippen LogP contribution in [0.15, 0.2) is 40.2 Å². The van der Waals surface area contributed by atoms with Crippen LogP contribution in [0.2, 0.25) is 0 Å². The normalized spacial score (nSPS) is 26.5. The quantitative estimate of drug-likeness (QED) is 0.569. The molecular formula is C27H32F2N4O4S. The molecule has 8 nitrogen and oxygen atoms in total. The molecule has 1 N–H and O–H groups in total. The molecule has 0 saturated carbocycles. The van der Waals surface area contributed by atoms with Crippen molar-refractivity contribution in [3.8, 4) is 0 Å². The maximum absolute atomic E-state index is 13.5. The summed E-state index contributed by atoms with van der Waals surface area (Å²) < 4.78 is 40.6. The van der Waals surface area contributed by atoms with Gasteiger partial charge in [-0.2, -0.15) is 0 Å². The van der Waals surface area contributed by atoms with E-state index in [1.807, 2.05) is 55.0 Å². The summed E-state index contributed by atoms with van der Waals surface area (Å²) in [6, 6.07) is 7.16. The Balaban J connectivity index is 1.32. The average Bonchev–Trinajstić information content (AvgIpc) is 3.17. The van der Waals surface area contributed by atoms with Gasteiger partial charge < -0.3 is 19.4 Å². The highest BCUT2D eigenvalue weighted by Crippen LogP contribution is 2.34. The molecule has 204 valence electrons. The van der Waals surface area contributed by atoms with E-state index in [1.165, 1.54) is 11.8 Å². The first-order chi connectivity index (χ1) is 18.1. The number of amides is 2. The van der Waals surface area contributed by atoms with Crippen LogP contribution in [0, 0.1) is 12.8 Å². The summed E-state index contributed by atoms with van der Waals surface area (Å²) in [6.45, 7) is 5.85. The van der Waals surface area contributed by atoms with Crippen LogP contribution in [-0.2, 0) is 14.3 Å². The van der Waals surface area contributed by atoms with Gasteiger partial charge in [0.2, 0.25) is 0 Å². The summed E-state index contributed by atoms with van der Waals surface area (Å²) in [6.07, 6.45) is 3.19. The number of carbonyl (C=O) groups is 2. The fraction of sp³-hybridized carbons (Fsp3) is 0.519. The summed E-state index contributed by atoms with van der Waals surface area (Å²) in [7, 11) is 0. The number of hydrogen-bond donors (Lipinski definition) is 1. The number of dihydropyridines is 1. The van der Waals surface area contributed by atoms with Crippen molar-refractivity contribution in [1.82, 2.24) is 14.8 Å². The third kappa shape index (κ3) is 5.04. The molecule has 1 aromatic heterocycles. The molecule has 3 aliphatic heterocycles. The van der Waals surface area contributed by atoms with Gasteiger partial charge in [0.15, 0.2) is 6.29 Å². The minimum atomic E-state index is -2.63. The molecule has 0 bridgehead atoms. The Hall–Kier alpha value is -2.60. The number of allylic oxidation sites excluding steroid dienone is 1. The Bertz CT molecular complexity index is 1310.